The van der Waals surface area contributed by atoms with E-state index in [4.69, 9.17) is 9.47 Å². The van der Waals surface area contributed by atoms with Gasteiger partial charge in [0.1, 0.15) is 12.4 Å². The second-order valence-electron chi connectivity index (χ2n) is 8.46. The van der Waals surface area contributed by atoms with Gasteiger partial charge in [0.05, 0.1) is 5.92 Å². The number of ether oxygens (including phenoxy) is 2. The van der Waals surface area contributed by atoms with Gasteiger partial charge in [0, 0.05) is 0 Å². The summed E-state index contributed by atoms with van der Waals surface area (Å²) in [6, 6.07) is 15.6. The van der Waals surface area contributed by atoms with Gasteiger partial charge in [-0.25, -0.2) is 0 Å². The molecule has 2 aromatic rings. The molecule has 3 rings (SSSR count). The quantitative estimate of drug-likeness (QED) is 0.296. The molecule has 1 aliphatic carbocycles. The van der Waals surface area contributed by atoms with Gasteiger partial charge in [0.15, 0.2) is 6.10 Å². The highest BCUT2D eigenvalue weighted by atomic mass is 19.4. The normalized spacial score (nSPS) is 16.8. The van der Waals surface area contributed by atoms with Gasteiger partial charge < -0.3 is 9.47 Å². The third-order valence-electron chi connectivity index (χ3n) is 5.93. The number of aryl methyl sites for hydroxylation is 1. The van der Waals surface area contributed by atoms with Crippen molar-refractivity contribution in [1.82, 2.24) is 0 Å². The smallest absolute Gasteiger partial charge is 0.425 e. The van der Waals surface area contributed by atoms with Crippen LogP contribution in [-0.4, -0.2) is 18.2 Å². The Hall–Kier alpha value is -2.50. The van der Waals surface area contributed by atoms with Gasteiger partial charge >= 0.3 is 12.1 Å². The number of rotatable bonds is 10. The summed E-state index contributed by atoms with van der Waals surface area (Å²) in [4.78, 5) is 12.5. The molecule has 6 heteroatoms. The van der Waals surface area contributed by atoms with Crippen molar-refractivity contribution in [1.29, 1.82) is 0 Å². The van der Waals surface area contributed by atoms with Crippen molar-refractivity contribution < 1.29 is 27.4 Å². The third-order valence-corrected chi connectivity index (χ3v) is 5.93. The van der Waals surface area contributed by atoms with Crippen molar-refractivity contribution in [3.05, 3.63) is 65.2 Å². The van der Waals surface area contributed by atoms with E-state index in [1.807, 2.05) is 55.5 Å². The van der Waals surface area contributed by atoms with Crippen molar-refractivity contribution in [3.63, 3.8) is 0 Å². The van der Waals surface area contributed by atoms with Crippen LogP contribution in [0.4, 0.5) is 13.2 Å². The number of alkyl halides is 3. The third kappa shape index (κ3) is 7.01. The highest BCUT2D eigenvalue weighted by molar-refractivity contribution is 5.73. The van der Waals surface area contributed by atoms with Crippen LogP contribution in [0.5, 0.6) is 5.75 Å². The van der Waals surface area contributed by atoms with Gasteiger partial charge in [-0.1, -0.05) is 62.6 Å². The monoisotopic (exact) mass is 448 g/mol. The molecule has 32 heavy (non-hydrogen) atoms. The summed E-state index contributed by atoms with van der Waals surface area (Å²) in [6.07, 6.45) is -2.27. The van der Waals surface area contributed by atoms with Crippen LogP contribution in [0.15, 0.2) is 48.5 Å². The summed E-state index contributed by atoms with van der Waals surface area (Å²) in [6.45, 7) is 2.46. The Morgan fingerprint density at radius 2 is 1.84 bits per heavy atom. The van der Waals surface area contributed by atoms with Gasteiger partial charge in [0.25, 0.3) is 0 Å². The minimum atomic E-state index is -4.53. The molecule has 174 valence electrons. The fourth-order valence-corrected chi connectivity index (χ4v) is 4.05. The SMILES string of the molecule is CCCCCC[C@H](OC(=O)C1CCc2cc(OCc3ccccc3)ccc2C1)C(F)(F)F. The number of hydrogen-bond acceptors (Lipinski definition) is 3. The van der Waals surface area contributed by atoms with Gasteiger partial charge in [-0.15, -0.1) is 0 Å². The molecule has 0 saturated heterocycles. The number of benzene rings is 2. The Labute approximate surface area is 187 Å². The summed E-state index contributed by atoms with van der Waals surface area (Å²) in [7, 11) is 0. The number of carbonyl (C=O) groups is 1. The molecule has 0 aromatic heterocycles. The molecule has 0 saturated carbocycles. The average Bonchev–Trinajstić information content (AvgIpc) is 2.79. The second kappa shape index (κ2) is 11.4. The average molecular weight is 449 g/mol. The molecule has 0 heterocycles. The maximum Gasteiger partial charge on any atom is 0.425 e. The Bertz CT molecular complexity index is 864. The molecular formula is C26H31F3O3. The maximum absolute atomic E-state index is 13.3. The number of hydrogen-bond donors (Lipinski definition) is 0. The van der Waals surface area contributed by atoms with Crippen LogP contribution < -0.4 is 4.74 Å². The molecule has 0 aliphatic heterocycles. The standard InChI is InChI=1S/C26H31F3O3/c1-2-3-4-8-11-24(26(27,28)29)32-25(30)22-13-12-21-17-23(15-14-20(21)16-22)31-18-19-9-6-5-7-10-19/h5-7,9-10,14-15,17,22,24H,2-4,8,11-13,16,18H2,1H3/t22?,24-/m0/s1. The first-order chi connectivity index (χ1) is 15.4. The number of unbranched alkanes of at least 4 members (excludes halogenated alkanes) is 3. The van der Waals surface area contributed by atoms with Crippen molar-refractivity contribution >= 4 is 5.97 Å². The molecular weight excluding hydrogens is 417 g/mol. The molecule has 2 atom stereocenters. The zero-order chi connectivity index (χ0) is 23.0. The largest absolute Gasteiger partial charge is 0.489 e. The van der Waals surface area contributed by atoms with E-state index in [0.717, 1.165) is 35.3 Å². The first-order valence-electron chi connectivity index (χ1n) is 11.4. The molecule has 2 aromatic carbocycles. The van der Waals surface area contributed by atoms with Crippen LogP contribution in [0.1, 0.15) is 62.1 Å². The van der Waals surface area contributed by atoms with E-state index in [9.17, 15) is 18.0 Å². The van der Waals surface area contributed by atoms with E-state index >= 15 is 0 Å². The lowest BCUT2D eigenvalue weighted by Crippen LogP contribution is -2.37. The number of carbonyl (C=O) groups excluding carboxylic acids is 1. The minimum Gasteiger partial charge on any atom is -0.489 e. The van der Waals surface area contributed by atoms with Gasteiger partial charge in [-0.3, -0.25) is 4.79 Å². The summed E-state index contributed by atoms with van der Waals surface area (Å²) >= 11 is 0. The van der Waals surface area contributed by atoms with Crippen LogP contribution >= 0.6 is 0 Å². The van der Waals surface area contributed by atoms with Crippen LogP contribution in [0, 0.1) is 5.92 Å². The van der Waals surface area contributed by atoms with Gasteiger partial charge in [-0.2, -0.15) is 13.2 Å². The molecule has 0 bridgehead atoms. The number of esters is 1. The van der Waals surface area contributed by atoms with E-state index in [-0.39, 0.29) is 6.42 Å². The number of halogens is 3. The van der Waals surface area contributed by atoms with Crippen LogP contribution in [0.25, 0.3) is 0 Å². The van der Waals surface area contributed by atoms with E-state index in [2.05, 4.69) is 0 Å². The molecule has 1 aliphatic rings. The van der Waals surface area contributed by atoms with Crippen LogP contribution in [0.2, 0.25) is 0 Å². The Kier molecular flexibility index (Phi) is 8.60. The lowest BCUT2D eigenvalue weighted by molar-refractivity contribution is -0.225. The summed E-state index contributed by atoms with van der Waals surface area (Å²) in [5.74, 6) is -0.533. The minimum absolute atomic E-state index is 0.166. The molecule has 0 amide bonds. The predicted octanol–water partition coefficient (Wildman–Crippen LogP) is 6.82. The summed E-state index contributed by atoms with van der Waals surface area (Å²) in [5, 5.41) is 0. The Morgan fingerprint density at radius 3 is 2.56 bits per heavy atom. The Balaban J connectivity index is 1.55. The van der Waals surface area contributed by atoms with Crippen molar-refractivity contribution in [3.8, 4) is 5.75 Å². The molecule has 0 fully saturated rings. The lowest BCUT2D eigenvalue weighted by atomic mass is 9.84. The first kappa shape index (κ1) is 24.1. The highest BCUT2D eigenvalue weighted by Crippen LogP contribution is 2.32. The van der Waals surface area contributed by atoms with Crippen LogP contribution in [-0.2, 0) is 29.0 Å². The maximum atomic E-state index is 13.3. The number of fused-ring (bicyclic) bond motifs is 1. The molecule has 0 N–H and O–H groups in total. The van der Waals surface area contributed by atoms with E-state index < -0.39 is 24.2 Å². The molecule has 1 unspecified atom stereocenters. The topological polar surface area (TPSA) is 35.5 Å². The summed E-state index contributed by atoms with van der Waals surface area (Å²) in [5.41, 5.74) is 3.12. The van der Waals surface area contributed by atoms with E-state index in [1.165, 1.54) is 0 Å². The highest BCUT2D eigenvalue weighted by Gasteiger charge is 2.43. The fraction of sp³-hybridized carbons (Fsp3) is 0.500. The molecule has 0 spiro atoms. The molecule has 0 radical (unpaired) electrons. The lowest BCUT2D eigenvalue weighted by Gasteiger charge is -2.27. The van der Waals surface area contributed by atoms with Crippen molar-refractivity contribution in [2.45, 2.75) is 77.2 Å². The van der Waals surface area contributed by atoms with Crippen molar-refractivity contribution in [2.24, 2.45) is 5.92 Å². The summed E-state index contributed by atoms with van der Waals surface area (Å²) < 4.78 is 50.9. The Morgan fingerprint density at radius 1 is 1.06 bits per heavy atom. The molecule has 3 nitrogen and oxygen atoms in total. The van der Waals surface area contributed by atoms with E-state index in [0.29, 0.717) is 38.7 Å². The fourth-order valence-electron chi connectivity index (χ4n) is 4.05. The zero-order valence-corrected chi connectivity index (χ0v) is 18.5. The van der Waals surface area contributed by atoms with Crippen molar-refractivity contribution in [2.75, 3.05) is 0 Å². The van der Waals surface area contributed by atoms with E-state index in [1.54, 1.807) is 0 Å². The second-order valence-corrected chi connectivity index (χ2v) is 8.46. The first-order valence-corrected chi connectivity index (χ1v) is 11.4. The van der Waals surface area contributed by atoms with Crippen LogP contribution in [0.3, 0.4) is 0 Å². The predicted molar refractivity (Wildman–Crippen MR) is 117 cm³/mol. The van der Waals surface area contributed by atoms with Gasteiger partial charge in [0.2, 0.25) is 0 Å². The zero-order valence-electron chi connectivity index (χ0n) is 18.5. The van der Waals surface area contributed by atoms with Gasteiger partial charge in [-0.05, 0) is 60.9 Å².